The van der Waals surface area contributed by atoms with Crippen LogP contribution in [0.15, 0.2) is 45.6 Å². The van der Waals surface area contributed by atoms with Crippen LogP contribution >= 0.6 is 0 Å². The van der Waals surface area contributed by atoms with Crippen molar-refractivity contribution in [3.63, 3.8) is 0 Å². The van der Waals surface area contributed by atoms with E-state index in [9.17, 15) is 4.79 Å². The fraction of sp³-hybridized carbons (Fsp3) is 0.400. The maximum Gasteiger partial charge on any atom is 0.235 e. The van der Waals surface area contributed by atoms with E-state index in [1.54, 1.807) is 19.1 Å². The molecule has 2 aromatic carbocycles. The van der Waals surface area contributed by atoms with E-state index in [1.807, 2.05) is 31.2 Å². The van der Waals surface area contributed by atoms with Crippen LogP contribution in [0.5, 0.6) is 23.0 Å². The summed E-state index contributed by atoms with van der Waals surface area (Å²) in [5, 5.41) is 0.473. The highest BCUT2D eigenvalue weighted by Crippen LogP contribution is 2.36. The molecule has 1 fully saturated rings. The van der Waals surface area contributed by atoms with Crippen LogP contribution in [0.25, 0.3) is 11.0 Å². The Morgan fingerprint density at radius 3 is 2.78 bits per heavy atom. The van der Waals surface area contributed by atoms with Gasteiger partial charge in [0.15, 0.2) is 11.5 Å². The van der Waals surface area contributed by atoms with E-state index < -0.39 is 0 Å². The van der Waals surface area contributed by atoms with Gasteiger partial charge in [-0.05, 0) is 51.0 Å². The first-order valence-corrected chi connectivity index (χ1v) is 11.1. The zero-order valence-electron chi connectivity index (χ0n) is 18.4. The summed E-state index contributed by atoms with van der Waals surface area (Å²) in [6.45, 7) is 6.91. The summed E-state index contributed by atoms with van der Waals surface area (Å²) in [7, 11) is 0. The minimum absolute atomic E-state index is 0.164. The lowest BCUT2D eigenvalue weighted by atomic mass is 10.1. The predicted octanol–water partition coefficient (Wildman–Crippen LogP) is 4.62. The third kappa shape index (κ3) is 3.94. The average molecular weight is 437 g/mol. The molecule has 32 heavy (non-hydrogen) atoms. The van der Waals surface area contributed by atoms with Gasteiger partial charge in [-0.1, -0.05) is 12.1 Å². The summed E-state index contributed by atoms with van der Waals surface area (Å²) < 4.78 is 29.5. The highest BCUT2D eigenvalue weighted by atomic mass is 16.5. The summed E-state index contributed by atoms with van der Waals surface area (Å²) in [5.41, 5.74) is 1.22. The standard InChI is InChI=1S/C25H27NO6/c1-3-28-21-8-4-5-9-22(21)32-24-16(2)31-25-18(23(24)27)10-11-20-19(25)14-26(15-30-20)13-17-7-6-12-29-17/h4-5,8-11,17H,3,6-7,12-15H2,1-2H3/t17-/m0/s1. The average Bonchev–Trinajstić information content (AvgIpc) is 3.31. The van der Waals surface area contributed by atoms with E-state index in [2.05, 4.69) is 4.90 Å². The van der Waals surface area contributed by atoms with Crippen LogP contribution in [-0.4, -0.2) is 37.5 Å². The maximum atomic E-state index is 13.4. The molecule has 0 spiro atoms. The minimum Gasteiger partial charge on any atom is -0.490 e. The summed E-state index contributed by atoms with van der Waals surface area (Å²) in [6, 6.07) is 10.9. The Hall–Kier alpha value is -3.03. The third-order valence-electron chi connectivity index (χ3n) is 5.87. The zero-order chi connectivity index (χ0) is 22.1. The number of hydrogen-bond donors (Lipinski definition) is 0. The Kier molecular flexibility index (Phi) is 5.76. The summed E-state index contributed by atoms with van der Waals surface area (Å²) in [4.78, 5) is 15.6. The molecule has 2 aliphatic heterocycles. The number of fused-ring (bicyclic) bond motifs is 3. The molecule has 7 heteroatoms. The highest BCUT2D eigenvalue weighted by molar-refractivity contribution is 5.83. The smallest absolute Gasteiger partial charge is 0.235 e. The van der Waals surface area contributed by atoms with Crippen LogP contribution in [0.2, 0.25) is 0 Å². The van der Waals surface area contributed by atoms with Gasteiger partial charge >= 0.3 is 0 Å². The second-order valence-corrected chi connectivity index (χ2v) is 8.14. The Labute approximate surface area is 186 Å². The first-order chi connectivity index (χ1) is 15.6. The van der Waals surface area contributed by atoms with E-state index in [0.717, 1.165) is 37.3 Å². The summed E-state index contributed by atoms with van der Waals surface area (Å²) in [5.74, 6) is 2.39. The van der Waals surface area contributed by atoms with Crippen LogP contribution in [0.1, 0.15) is 31.1 Å². The summed E-state index contributed by atoms with van der Waals surface area (Å²) in [6.07, 6.45) is 2.40. The second kappa shape index (κ2) is 8.84. The van der Waals surface area contributed by atoms with Crippen LogP contribution in [0.4, 0.5) is 0 Å². The molecule has 2 aliphatic rings. The monoisotopic (exact) mass is 437 g/mol. The molecule has 0 unspecified atom stereocenters. The third-order valence-corrected chi connectivity index (χ3v) is 5.87. The molecule has 7 nitrogen and oxygen atoms in total. The molecule has 0 radical (unpaired) electrons. The number of rotatable bonds is 6. The maximum absolute atomic E-state index is 13.4. The van der Waals surface area contributed by atoms with Gasteiger partial charge in [-0.3, -0.25) is 9.69 Å². The van der Waals surface area contributed by atoms with Crippen molar-refractivity contribution < 1.29 is 23.4 Å². The number of para-hydroxylation sites is 2. The fourth-order valence-corrected chi connectivity index (χ4v) is 4.33. The molecule has 5 rings (SSSR count). The Balaban J connectivity index is 1.49. The van der Waals surface area contributed by atoms with E-state index in [1.165, 1.54) is 0 Å². The number of benzene rings is 2. The Bertz CT molecular complexity index is 1180. The first kappa shape index (κ1) is 20.8. The molecule has 0 N–H and O–H groups in total. The molecule has 0 bridgehead atoms. The second-order valence-electron chi connectivity index (χ2n) is 8.14. The lowest BCUT2D eigenvalue weighted by molar-refractivity contribution is 0.0281. The van der Waals surface area contributed by atoms with Crippen molar-refractivity contribution in [2.45, 2.75) is 39.3 Å². The molecular formula is C25H27NO6. The van der Waals surface area contributed by atoms with Crippen molar-refractivity contribution in [2.24, 2.45) is 0 Å². The molecule has 3 aromatic rings. The topological polar surface area (TPSA) is 70.4 Å². The van der Waals surface area contributed by atoms with Gasteiger partial charge in [0.05, 0.1) is 23.7 Å². The molecule has 1 atom stereocenters. The molecule has 0 aliphatic carbocycles. The van der Waals surface area contributed by atoms with Gasteiger partial charge in [0.1, 0.15) is 23.8 Å². The number of aryl methyl sites for hydroxylation is 1. The van der Waals surface area contributed by atoms with Gasteiger partial charge < -0.3 is 23.4 Å². The van der Waals surface area contributed by atoms with Gasteiger partial charge in [0.2, 0.25) is 11.2 Å². The minimum atomic E-state index is -0.214. The number of ether oxygens (including phenoxy) is 4. The van der Waals surface area contributed by atoms with Gasteiger partial charge in [-0.25, -0.2) is 0 Å². The summed E-state index contributed by atoms with van der Waals surface area (Å²) >= 11 is 0. The normalized spacial score (nSPS) is 18.4. The molecule has 1 saturated heterocycles. The van der Waals surface area contributed by atoms with Crippen LogP contribution < -0.4 is 19.6 Å². The van der Waals surface area contributed by atoms with Gasteiger partial charge in [0, 0.05) is 19.7 Å². The van der Waals surface area contributed by atoms with Gasteiger partial charge in [-0.2, -0.15) is 0 Å². The lowest BCUT2D eigenvalue weighted by Crippen LogP contribution is -2.37. The van der Waals surface area contributed by atoms with Crippen molar-refractivity contribution in [1.82, 2.24) is 4.90 Å². The highest BCUT2D eigenvalue weighted by Gasteiger charge is 2.27. The quantitative estimate of drug-likeness (QED) is 0.557. The van der Waals surface area contributed by atoms with E-state index in [4.69, 9.17) is 23.4 Å². The SMILES string of the molecule is CCOc1ccccc1Oc1c(C)oc2c3c(ccc2c1=O)OCN(C[C@@H]1CCCO1)C3. The molecule has 3 heterocycles. The van der Waals surface area contributed by atoms with Gasteiger partial charge in [0.25, 0.3) is 0 Å². The van der Waals surface area contributed by atoms with Crippen LogP contribution in [0, 0.1) is 6.92 Å². The van der Waals surface area contributed by atoms with Gasteiger partial charge in [-0.15, -0.1) is 0 Å². The first-order valence-electron chi connectivity index (χ1n) is 11.1. The number of hydrogen-bond acceptors (Lipinski definition) is 7. The van der Waals surface area contributed by atoms with Crippen LogP contribution in [0.3, 0.4) is 0 Å². The van der Waals surface area contributed by atoms with E-state index in [-0.39, 0.29) is 17.3 Å². The van der Waals surface area contributed by atoms with Crippen LogP contribution in [-0.2, 0) is 11.3 Å². The lowest BCUT2D eigenvalue weighted by Gasteiger charge is -2.30. The van der Waals surface area contributed by atoms with E-state index in [0.29, 0.717) is 48.1 Å². The molecule has 0 saturated carbocycles. The predicted molar refractivity (Wildman–Crippen MR) is 120 cm³/mol. The Morgan fingerprint density at radius 1 is 1.16 bits per heavy atom. The Morgan fingerprint density at radius 2 is 2.00 bits per heavy atom. The van der Waals surface area contributed by atoms with Crippen molar-refractivity contribution >= 4 is 11.0 Å². The molecule has 168 valence electrons. The fourth-order valence-electron chi connectivity index (χ4n) is 4.33. The molecule has 1 aromatic heterocycles. The van der Waals surface area contributed by atoms with Crippen molar-refractivity contribution in [3.05, 3.63) is 57.9 Å². The van der Waals surface area contributed by atoms with Crippen molar-refractivity contribution in [1.29, 1.82) is 0 Å². The molecular weight excluding hydrogens is 410 g/mol. The van der Waals surface area contributed by atoms with Crippen molar-refractivity contribution in [2.75, 3.05) is 26.5 Å². The number of nitrogens with zero attached hydrogens (tertiary/aromatic N) is 1. The molecule has 0 amide bonds. The van der Waals surface area contributed by atoms with E-state index >= 15 is 0 Å². The zero-order valence-corrected chi connectivity index (χ0v) is 18.4. The largest absolute Gasteiger partial charge is 0.490 e. The van der Waals surface area contributed by atoms with Crippen molar-refractivity contribution in [3.8, 4) is 23.0 Å².